The molecule has 2 rings (SSSR count). The van der Waals surface area contributed by atoms with Crippen molar-refractivity contribution in [3.05, 3.63) is 35.4 Å². The van der Waals surface area contributed by atoms with E-state index in [0.717, 1.165) is 12.1 Å². The van der Waals surface area contributed by atoms with E-state index in [9.17, 15) is 24.1 Å². The van der Waals surface area contributed by atoms with Crippen LogP contribution in [0.4, 0.5) is 8.78 Å². The van der Waals surface area contributed by atoms with Crippen molar-refractivity contribution in [3.63, 3.8) is 0 Å². The van der Waals surface area contributed by atoms with E-state index < -0.39 is 48.8 Å². The van der Waals surface area contributed by atoms with Gasteiger partial charge in [0.25, 0.3) is 0 Å². The van der Waals surface area contributed by atoms with Crippen LogP contribution >= 0.6 is 0 Å². The van der Waals surface area contributed by atoms with Crippen molar-refractivity contribution in [2.24, 2.45) is 0 Å². The van der Waals surface area contributed by atoms with Crippen molar-refractivity contribution < 1.29 is 33.9 Å². The summed E-state index contributed by atoms with van der Waals surface area (Å²) < 4.78 is 31.5. The minimum Gasteiger partial charge on any atom is -0.394 e. The van der Waals surface area contributed by atoms with Gasteiger partial charge in [-0.05, 0) is 6.07 Å². The average Bonchev–Trinajstić information content (AvgIpc) is 2.49. The summed E-state index contributed by atoms with van der Waals surface area (Å²) in [6, 6.07) is 3.20. The number of hydrogen-bond acceptors (Lipinski definition) is 6. The smallest absolute Gasteiger partial charge is 0.130 e. The first kappa shape index (κ1) is 17.2. The number of ether oxygens (including phenoxy) is 1. The van der Waals surface area contributed by atoms with Crippen LogP contribution in [0, 0.1) is 11.6 Å². The van der Waals surface area contributed by atoms with E-state index in [0.29, 0.717) is 0 Å². The van der Waals surface area contributed by atoms with Gasteiger partial charge in [0, 0.05) is 24.7 Å². The van der Waals surface area contributed by atoms with Crippen LogP contribution in [0.15, 0.2) is 18.2 Å². The highest BCUT2D eigenvalue weighted by Gasteiger charge is 2.42. The van der Waals surface area contributed by atoms with Gasteiger partial charge in [0.2, 0.25) is 0 Å². The minimum absolute atomic E-state index is 0.0538. The SMILES string of the molecule is OC[C@H]1OC(CNCc2ccc(F)cc2F)[C@H](O)[C@@H](O)[C@@H]1O. The Balaban J connectivity index is 1.90. The van der Waals surface area contributed by atoms with Crippen LogP contribution in [0.5, 0.6) is 0 Å². The summed E-state index contributed by atoms with van der Waals surface area (Å²) in [6.07, 6.45) is -6.05. The number of rotatable bonds is 5. The lowest BCUT2D eigenvalue weighted by molar-refractivity contribution is -0.227. The maximum absolute atomic E-state index is 13.5. The van der Waals surface area contributed by atoms with Gasteiger partial charge in [0.15, 0.2) is 0 Å². The highest BCUT2D eigenvalue weighted by atomic mass is 19.1. The number of aliphatic hydroxyl groups is 4. The lowest BCUT2D eigenvalue weighted by Crippen LogP contribution is -2.60. The van der Waals surface area contributed by atoms with Crippen LogP contribution in [-0.2, 0) is 11.3 Å². The summed E-state index contributed by atoms with van der Waals surface area (Å²) in [5, 5.41) is 41.0. The first-order chi connectivity index (χ1) is 10.4. The topological polar surface area (TPSA) is 102 Å². The van der Waals surface area contributed by atoms with E-state index in [2.05, 4.69) is 5.32 Å². The van der Waals surface area contributed by atoms with Gasteiger partial charge in [-0.2, -0.15) is 0 Å². The maximum Gasteiger partial charge on any atom is 0.130 e. The van der Waals surface area contributed by atoms with Crippen molar-refractivity contribution in [1.82, 2.24) is 5.32 Å². The Morgan fingerprint density at radius 3 is 2.36 bits per heavy atom. The molecule has 1 heterocycles. The van der Waals surface area contributed by atoms with Crippen molar-refractivity contribution in [3.8, 4) is 0 Å². The van der Waals surface area contributed by atoms with Crippen LogP contribution in [0.2, 0.25) is 0 Å². The van der Waals surface area contributed by atoms with Gasteiger partial charge >= 0.3 is 0 Å². The first-order valence-corrected chi connectivity index (χ1v) is 6.89. The molecule has 0 spiro atoms. The summed E-state index contributed by atoms with van der Waals surface area (Å²) in [7, 11) is 0. The predicted molar refractivity (Wildman–Crippen MR) is 71.8 cm³/mol. The molecule has 0 aromatic heterocycles. The van der Waals surface area contributed by atoms with E-state index in [1.807, 2.05) is 0 Å². The second kappa shape index (κ2) is 7.40. The normalized spacial score (nSPS) is 32.2. The molecule has 6 nitrogen and oxygen atoms in total. The fourth-order valence-electron chi connectivity index (χ4n) is 2.36. The van der Waals surface area contributed by atoms with E-state index in [4.69, 9.17) is 9.84 Å². The lowest BCUT2D eigenvalue weighted by atomic mass is 9.95. The number of nitrogens with one attached hydrogen (secondary N) is 1. The number of halogens is 2. The zero-order valence-corrected chi connectivity index (χ0v) is 11.7. The molecule has 1 fully saturated rings. The molecule has 124 valence electrons. The molecule has 0 radical (unpaired) electrons. The highest BCUT2D eigenvalue weighted by molar-refractivity contribution is 5.18. The molecule has 1 aromatic rings. The summed E-state index contributed by atoms with van der Waals surface area (Å²) in [4.78, 5) is 0. The molecule has 0 aliphatic carbocycles. The van der Waals surface area contributed by atoms with Gasteiger partial charge in [-0.3, -0.25) is 0 Å². The van der Waals surface area contributed by atoms with E-state index in [1.54, 1.807) is 0 Å². The molecule has 0 saturated carbocycles. The maximum atomic E-state index is 13.5. The Labute approximate surface area is 126 Å². The largest absolute Gasteiger partial charge is 0.394 e. The Morgan fingerprint density at radius 1 is 1.05 bits per heavy atom. The second-order valence-corrected chi connectivity index (χ2v) is 5.23. The summed E-state index contributed by atoms with van der Waals surface area (Å²) in [5.41, 5.74) is 0.242. The quantitative estimate of drug-likeness (QED) is 0.472. The molecule has 5 atom stereocenters. The summed E-state index contributed by atoms with van der Waals surface area (Å²) >= 11 is 0. The molecule has 1 aromatic carbocycles. The van der Waals surface area contributed by atoms with E-state index in [-0.39, 0.29) is 18.7 Å². The number of hydrogen-bond donors (Lipinski definition) is 5. The van der Waals surface area contributed by atoms with Crippen molar-refractivity contribution in [1.29, 1.82) is 0 Å². The Morgan fingerprint density at radius 2 is 1.73 bits per heavy atom. The molecule has 0 amide bonds. The zero-order chi connectivity index (χ0) is 16.3. The Bertz CT molecular complexity index is 502. The predicted octanol–water partition coefficient (Wildman–Crippen LogP) is -1.10. The molecular formula is C14H19F2NO5. The minimum atomic E-state index is -1.44. The Kier molecular flexibility index (Phi) is 5.79. The molecule has 8 heteroatoms. The molecule has 1 aliphatic heterocycles. The van der Waals surface area contributed by atoms with Gasteiger partial charge in [-0.1, -0.05) is 6.07 Å². The van der Waals surface area contributed by atoms with Gasteiger partial charge in [-0.15, -0.1) is 0 Å². The van der Waals surface area contributed by atoms with Crippen LogP contribution in [0.1, 0.15) is 5.56 Å². The van der Waals surface area contributed by atoms with Crippen molar-refractivity contribution >= 4 is 0 Å². The van der Waals surface area contributed by atoms with Crippen LogP contribution in [0.25, 0.3) is 0 Å². The van der Waals surface area contributed by atoms with Gasteiger partial charge in [-0.25, -0.2) is 8.78 Å². The molecular weight excluding hydrogens is 300 g/mol. The third-order valence-corrected chi connectivity index (χ3v) is 3.67. The van der Waals surface area contributed by atoms with Crippen LogP contribution < -0.4 is 5.32 Å². The zero-order valence-electron chi connectivity index (χ0n) is 11.7. The monoisotopic (exact) mass is 319 g/mol. The number of aliphatic hydroxyl groups excluding tert-OH is 4. The van der Waals surface area contributed by atoms with Gasteiger partial charge in [0.05, 0.1) is 12.7 Å². The average molecular weight is 319 g/mol. The fourth-order valence-corrected chi connectivity index (χ4v) is 2.36. The standard InChI is InChI=1S/C14H19F2NO5/c15-8-2-1-7(9(16)3-8)4-17-5-10-12(19)14(21)13(20)11(6-18)22-10/h1-3,10-14,17-21H,4-6H2/t10?,11-,12+,13-,14-/m1/s1. The van der Waals surface area contributed by atoms with Crippen molar-refractivity contribution in [2.45, 2.75) is 37.1 Å². The fraction of sp³-hybridized carbons (Fsp3) is 0.571. The second-order valence-electron chi connectivity index (χ2n) is 5.23. The van der Waals surface area contributed by atoms with Crippen molar-refractivity contribution in [2.75, 3.05) is 13.2 Å². The molecule has 1 saturated heterocycles. The molecule has 0 bridgehead atoms. The van der Waals surface area contributed by atoms with Crippen LogP contribution in [0.3, 0.4) is 0 Å². The van der Waals surface area contributed by atoms with Crippen LogP contribution in [-0.4, -0.2) is 64.1 Å². The summed E-state index contributed by atoms with van der Waals surface area (Å²) in [5.74, 6) is -1.36. The molecule has 22 heavy (non-hydrogen) atoms. The third-order valence-electron chi connectivity index (χ3n) is 3.67. The number of benzene rings is 1. The molecule has 1 unspecified atom stereocenters. The Hall–Kier alpha value is -1.16. The van der Waals surface area contributed by atoms with Gasteiger partial charge < -0.3 is 30.5 Å². The molecule has 5 N–H and O–H groups in total. The van der Waals surface area contributed by atoms with Gasteiger partial charge in [0.1, 0.15) is 36.1 Å². The van der Waals surface area contributed by atoms with E-state index in [1.165, 1.54) is 6.07 Å². The molecule has 1 aliphatic rings. The third kappa shape index (κ3) is 3.78. The first-order valence-electron chi connectivity index (χ1n) is 6.89. The van der Waals surface area contributed by atoms with E-state index >= 15 is 0 Å². The summed E-state index contributed by atoms with van der Waals surface area (Å²) in [6.45, 7) is -0.382. The highest BCUT2D eigenvalue weighted by Crippen LogP contribution is 2.20. The lowest BCUT2D eigenvalue weighted by Gasteiger charge is -2.40.